The van der Waals surface area contributed by atoms with Crippen LogP contribution >= 0.6 is 11.6 Å². The Morgan fingerprint density at radius 3 is 2.94 bits per heavy atom. The Morgan fingerprint density at radius 2 is 2.39 bits per heavy atom. The molecule has 0 spiro atoms. The molecule has 0 bridgehead atoms. The number of rotatable bonds is 4. The summed E-state index contributed by atoms with van der Waals surface area (Å²) < 4.78 is 1.64. The van der Waals surface area contributed by atoms with Gasteiger partial charge in [-0.2, -0.15) is 5.10 Å². The minimum absolute atomic E-state index is 0.0551. The van der Waals surface area contributed by atoms with Gasteiger partial charge in [-0.05, 0) is 31.2 Å². The van der Waals surface area contributed by atoms with Crippen LogP contribution in [0.5, 0.6) is 0 Å². The normalized spacial score (nSPS) is 23.3. The van der Waals surface area contributed by atoms with Crippen molar-refractivity contribution in [3.8, 4) is 0 Å². The van der Waals surface area contributed by atoms with Gasteiger partial charge in [0, 0.05) is 19.0 Å². The number of hydrogen-bond donors (Lipinski definition) is 1. The Morgan fingerprint density at radius 1 is 1.61 bits per heavy atom. The summed E-state index contributed by atoms with van der Waals surface area (Å²) in [7, 11) is 1.80. The predicted octanol–water partition coefficient (Wildman–Crippen LogP) is 2.12. The lowest BCUT2D eigenvalue weighted by Crippen LogP contribution is -2.32. The molecule has 2 atom stereocenters. The van der Waals surface area contributed by atoms with E-state index in [0.29, 0.717) is 18.2 Å². The molecule has 100 valence electrons. The van der Waals surface area contributed by atoms with Gasteiger partial charge < -0.3 is 5.32 Å². The molecule has 0 radical (unpaired) electrons. The highest BCUT2D eigenvalue weighted by molar-refractivity contribution is 6.21. The summed E-state index contributed by atoms with van der Waals surface area (Å²) in [4.78, 5) is 12.0. The second-order valence-electron chi connectivity index (χ2n) is 4.92. The van der Waals surface area contributed by atoms with E-state index in [1.807, 2.05) is 13.0 Å². The van der Waals surface area contributed by atoms with Crippen LogP contribution in [-0.4, -0.2) is 27.6 Å². The van der Waals surface area contributed by atoms with Gasteiger partial charge in [0.25, 0.3) is 5.91 Å². The zero-order valence-electron chi connectivity index (χ0n) is 10.9. The number of nitrogens with one attached hydrogen (secondary N) is 1. The van der Waals surface area contributed by atoms with Crippen LogP contribution in [0.2, 0.25) is 0 Å². The number of aryl methyl sites for hydroxylation is 2. The molecule has 0 aliphatic heterocycles. The van der Waals surface area contributed by atoms with Crippen LogP contribution in [0, 0.1) is 5.92 Å². The molecular weight excluding hydrogens is 250 g/mol. The number of carbonyl (C=O) groups excluding carboxylic acids is 1. The molecule has 1 fully saturated rings. The third-order valence-electron chi connectivity index (χ3n) is 3.62. The second-order valence-corrected chi connectivity index (χ2v) is 5.48. The van der Waals surface area contributed by atoms with Crippen molar-refractivity contribution in [2.24, 2.45) is 13.0 Å². The number of alkyl halides is 1. The summed E-state index contributed by atoms with van der Waals surface area (Å²) in [6.07, 6.45) is 4.18. The number of nitrogens with zero attached hydrogens (tertiary/aromatic N) is 2. The van der Waals surface area contributed by atoms with E-state index in [4.69, 9.17) is 11.6 Å². The zero-order chi connectivity index (χ0) is 13.1. The van der Waals surface area contributed by atoms with Crippen molar-refractivity contribution in [1.82, 2.24) is 15.1 Å². The van der Waals surface area contributed by atoms with E-state index < -0.39 is 0 Å². The molecule has 1 aliphatic carbocycles. The van der Waals surface area contributed by atoms with E-state index >= 15 is 0 Å². The number of carbonyl (C=O) groups is 1. The first kappa shape index (κ1) is 13.4. The van der Waals surface area contributed by atoms with Crippen LogP contribution < -0.4 is 5.32 Å². The van der Waals surface area contributed by atoms with Crippen molar-refractivity contribution in [3.63, 3.8) is 0 Å². The molecule has 1 N–H and O–H groups in total. The Bertz CT molecular complexity index is 430. The Hall–Kier alpha value is -1.03. The molecule has 1 aromatic rings. The molecule has 18 heavy (non-hydrogen) atoms. The van der Waals surface area contributed by atoms with Crippen LogP contribution in [0.25, 0.3) is 0 Å². The summed E-state index contributed by atoms with van der Waals surface area (Å²) in [5.74, 6) is 0.356. The van der Waals surface area contributed by atoms with Gasteiger partial charge in [0.15, 0.2) is 0 Å². The topological polar surface area (TPSA) is 46.9 Å². The van der Waals surface area contributed by atoms with Crippen molar-refractivity contribution in [2.45, 2.75) is 38.0 Å². The first-order valence-electron chi connectivity index (χ1n) is 6.57. The lowest BCUT2D eigenvalue weighted by Gasteiger charge is -2.14. The van der Waals surface area contributed by atoms with Gasteiger partial charge in [-0.25, -0.2) is 0 Å². The smallest absolute Gasteiger partial charge is 0.269 e. The lowest BCUT2D eigenvalue weighted by molar-refractivity contribution is 0.0938. The summed E-state index contributed by atoms with van der Waals surface area (Å²) in [6, 6.07) is 1.85. The van der Waals surface area contributed by atoms with E-state index in [0.717, 1.165) is 25.0 Å². The van der Waals surface area contributed by atoms with Gasteiger partial charge in [-0.3, -0.25) is 9.48 Å². The maximum Gasteiger partial charge on any atom is 0.269 e. The molecular formula is C13H20ClN3O. The highest BCUT2D eigenvalue weighted by Gasteiger charge is 2.25. The summed E-state index contributed by atoms with van der Waals surface area (Å²) in [5, 5.41) is 7.45. The first-order chi connectivity index (χ1) is 8.61. The number of halogens is 1. The van der Waals surface area contributed by atoms with Crippen molar-refractivity contribution in [1.29, 1.82) is 0 Å². The quantitative estimate of drug-likeness (QED) is 0.851. The van der Waals surface area contributed by atoms with Crippen molar-refractivity contribution in [2.75, 3.05) is 6.54 Å². The fourth-order valence-electron chi connectivity index (χ4n) is 2.45. The third kappa shape index (κ3) is 2.86. The molecule has 2 unspecified atom stereocenters. The molecule has 0 saturated heterocycles. The second kappa shape index (κ2) is 5.74. The van der Waals surface area contributed by atoms with Crippen LogP contribution in [0.1, 0.15) is 42.4 Å². The Labute approximate surface area is 113 Å². The van der Waals surface area contributed by atoms with E-state index in [-0.39, 0.29) is 11.3 Å². The number of amides is 1. The SMILES string of the molecule is CCc1cc(C(=O)NCC2CCCC2Cl)n(C)n1. The zero-order valence-corrected chi connectivity index (χ0v) is 11.7. The van der Waals surface area contributed by atoms with Crippen LogP contribution in [0.15, 0.2) is 6.07 Å². The molecule has 5 heteroatoms. The number of hydrogen-bond acceptors (Lipinski definition) is 2. The molecule has 2 rings (SSSR count). The standard InChI is InChI=1S/C13H20ClN3O/c1-3-10-7-12(17(2)16-10)13(18)15-8-9-5-4-6-11(9)14/h7,9,11H,3-6,8H2,1-2H3,(H,15,18). The minimum atomic E-state index is -0.0551. The highest BCUT2D eigenvalue weighted by Crippen LogP contribution is 2.29. The van der Waals surface area contributed by atoms with Crippen LogP contribution in [0.3, 0.4) is 0 Å². The largest absolute Gasteiger partial charge is 0.350 e. The van der Waals surface area contributed by atoms with Crippen molar-refractivity contribution >= 4 is 17.5 Å². The maximum absolute atomic E-state index is 12.0. The van der Waals surface area contributed by atoms with Crippen molar-refractivity contribution in [3.05, 3.63) is 17.5 Å². The van der Waals surface area contributed by atoms with Gasteiger partial charge in [0.2, 0.25) is 0 Å². The van der Waals surface area contributed by atoms with E-state index in [1.165, 1.54) is 6.42 Å². The lowest BCUT2D eigenvalue weighted by atomic mass is 10.1. The fourth-order valence-corrected chi connectivity index (χ4v) is 2.82. The van der Waals surface area contributed by atoms with Gasteiger partial charge >= 0.3 is 0 Å². The molecule has 4 nitrogen and oxygen atoms in total. The molecule has 0 aromatic carbocycles. The summed E-state index contributed by atoms with van der Waals surface area (Å²) >= 11 is 6.20. The molecule has 1 amide bonds. The predicted molar refractivity (Wildman–Crippen MR) is 71.9 cm³/mol. The minimum Gasteiger partial charge on any atom is -0.350 e. The van der Waals surface area contributed by atoms with Gasteiger partial charge in [-0.15, -0.1) is 11.6 Å². The Kier molecular flexibility index (Phi) is 4.27. The fraction of sp³-hybridized carbons (Fsp3) is 0.692. The average Bonchev–Trinajstić information content (AvgIpc) is 2.92. The summed E-state index contributed by atoms with van der Waals surface area (Å²) in [6.45, 7) is 2.69. The monoisotopic (exact) mass is 269 g/mol. The molecule has 1 aliphatic rings. The van der Waals surface area contributed by atoms with Crippen molar-refractivity contribution < 1.29 is 4.79 Å². The Balaban J connectivity index is 1.92. The van der Waals surface area contributed by atoms with Gasteiger partial charge in [-0.1, -0.05) is 13.3 Å². The summed E-state index contributed by atoms with van der Waals surface area (Å²) in [5.41, 5.74) is 1.56. The van der Waals surface area contributed by atoms with Gasteiger partial charge in [0.1, 0.15) is 5.69 Å². The third-order valence-corrected chi connectivity index (χ3v) is 4.19. The van der Waals surface area contributed by atoms with Gasteiger partial charge in [0.05, 0.1) is 5.69 Å². The molecule has 1 aromatic heterocycles. The van der Waals surface area contributed by atoms with Crippen LogP contribution in [-0.2, 0) is 13.5 Å². The van der Waals surface area contributed by atoms with E-state index in [2.05, 4.69) is 10.4 Å². The number of aromatic nitrogens is 2. The average molecular weight is 270 g/mol. The maximum atomic E-state index is 12.0. The first-order valence-corrected chi connectivity index (χ1v) is 7.00. The van der Waals surface area contributed by atoms with E-state index in [9.17, 15) is 4.79 Å². The molecule has 1 heterocycles. The van der Waals surface area contributed by atoms with Crippen LogP contribution in [0.4, 0.5) is 0 Å². The highest BCUT2D eigenvalue weighted by atomic mass is 35.5. The van der Waals surface area contributed by atoms with E-state index in [1.54, 1.807) is 11.7 Å². The molecule has 1 saturated carbocycles.